The van der Waals surface area contributed by atoms with Crippen LogP contribution in [-0.2, 0) is 9.53 Å². The Bertz CT molecular complexity index is 851. The number of halogens is 1. The lowest BCUT2D eigenvalue weighted by atomic mass is 9.83. The number of amides is 1. The Kier molecular flexibility index (Phi) is 9.96. The molecule has 0 spiro atoms. The molecule has 202 valence electrons. The maximum Gasteiger partial charge on any atom is 0.223 e. The maximum absolute atomic E-state index is 12.2. The molecule has 0 saturated carbocycles. The van der Waals surface area contributed by atoms with Crippen molar-refractivity contribution in [3.63, 3.8) is 0 Å². The number of nitrogens with zero attached hydrogens (tertiary/aromatic N) is 3. The molecule has 4 atom stereocenters. The van der Waals surface area contributed by atoms with E-state index in [2.05, 4.69) is 38.7 Å². The van der Waals surface area contributed by atoms with Crippen LogP contribution in [0, 0.1) is 11.8 Å². The molecule has 8 nitrogen and oxygen atoms in total. The van der Waals surface area contributed by atoms with Gasteiger partial charge in [0.2, 0.25) is 5.91 Å². The number of nitrogens with one attached hydrogen (secondary N) is 3. The van der Waals surface area contributed by atoms with Crippen LogP contribution in [0.15, 0.2) is 27.4 Å². The molecule has 2 aliphatic carbocycles. The van der Waals surface area contributed by atoms with E-state index in [1.54, 1.807) is 14.2 Å². The summed E-state index contributed by atoms with van der Waals surface area (Å²) in [6.45, 7) is 9.84. The minimum absolute atomic E-state index is 0.0678. The third kappa shape index (κ3) is 6.95. The zero-order chi connectivity index (χ0) is 25.5. The number of aliphatic imine (C=N–C) groups is 1. The van der Waals surface area contributed by atoms with Gasteiger partial charge in [-0.2, -0.15) is 0 Å². The monoisotopic (exact) mass is 520 g/mol. The molecule has 0 aromatic heterocycles. The normalized spacial score (nSPS) is 29.8. The van der Waals surface area contributed by atoms with E-state index in [0.717, 1.165) is 87.8 Å². The number of hydrogen-bond donors (Lipinski definition) is 3. The van der Waals surface area contributed by atoms with Crippen molar-refractivity contribution in [1.82, 2.24) is 25.8 Å². The lowest BCUT2D eigenvalue weighted by molar-refractivity contribution is -0.125. The van der Waals surface area contributed by atoms with E-state index < -0.39 is 0 Å². The summed E-state index contributed by atoms with van der Waals surface area (Å²) in [6.07, 6.45) is 8.90. The number of guanidine groups is 1. The highest BCUT2D eigenvalue weighted by molar-refractivity contribution is 6.30. The standard InChI is InChI=1S/C27H45ClN6O2/c1-4-33-11-13-34(14-12-33)23-9-7-22(8-10-23)32-27-30-17-19(18-31-27)5-6-20-15-21(26(35)29-2)16-24(36-3)25(20)28/h9,19,21-22,24H,4-8,10-18H2,1-3H3,(H,29,35)(H2,30,31,32)/t21-,22-,24-/m1/s1. The SMILES string of the molecule is CCN1CCN(C2=CC[C@@H](NC3=NC[C@H](CCC4=C(Cl)[C@H](OC)C[C@H](C(=O)NC)C4)CN3)CC2)CC1. The molecule has 0 aromatic carbocycles. The number of piperazine rings is 1. The van der Waals surface area contributed by atoms with E-state index in [9.17, 15) is 4.79 Å². The first-order valence-electron chi connectivity index (χ1n) is 13.8. The van der Waals surface area contributed by atoms with Crippen molar-refractivity contribution in [2.24, 2.45) is 16.8 Å². The summed E-state index contributed by atoms with van der Waals surface area (Å²) < 4.78 is 5.57. The molecule has 1 saturated heterocycles. The van der Waals surface area contributed by atoms with Crippen LogP contribution in [0.4, 0.5) is 0 Å². The van der Waals surface area contributed by atoms with Crippen LogP contribution >= 0.6 is 11.6 Å². The molecule has 1 amide bonds. The minimum atomic E-state index is -0.179. The molecule has 2 aliphatic heterocycles. The maximum atomic E-state index is 12.2. The second-order valence-corrected chi connectivity index (χ2v) is 11.0. The van der Waals surface area contributed by atoms with Gasteiger partial charge in [0, 0.05) is 76.1 Å². The summed E-state index contributed by atoms with van der Waals surface area (Å²) >= 11 is 6.64. The van der Waals surface area contributed by atoms with Crippen LogP contribution in [0.5, 0.6) is 0 Å². The van der Waals surface area contributed by atoms with Crippen molar-refractivity contribution >= 4 is 23.5 Å². The molecule has 0 radical (unpaired) electrons. The van der Waals surface area contributed by atoms with Crippen LogP contribution in [0.1, 0.15) is 51.9 Å². The fraction of sp³-hybridized carbons (Fsp3) is 0.778. The number of rotatable bonds is 8. The molecule has 0 aromatic rings. The second-order valence-electron chi connectivity index (χ2n) is 10.6. The average Bonchev–Trinajstić information content (AvgIpc) is 2.93. The molecule has 4 aliphatic rings. The van der Waals surface area contributed by atoms with E-state index in [1.165, 1.54) is 18.8 Å². The first kappa shape index (κ1) is 27.3. The van der Waals surface area contributed by atoms with Crippen LogP contribution < -0.4 is 16.0 Å². The fourth-order valence-electron chi connectivity index (χ4n) is 5.93. The van der Waals surface area contributed by atoms with Gasteiger partial charge < -0.3 is 30.5 Å². The molecule has 36 heavy (non-hydrogen) atoms. The van der Waals surface area contributed by atoms with Gasteiger partial charge in [-0.1, -0.05) is 30.2 Å². The second kappa shape index (κ2) is 13.2. The molecule has 2 heterocycles. The molecule has 4 rings (SSSR count). The van der Waals surface area contributed by atoms with E-state index in [4.69, 9.17) is 21.3 Å². The minimum Gasteiger partial charge on any atom is -0.376 e. The Morgan fingerprint density at radius 2 is 2.11 bits per heavy atom. The van der Waals surface area contributed by atoms with Crippen molar-refractivity contribution < 1.29 is 9.53 Å². The highest BCUT2D eigenvalue weighted by Crippen LogP contribution is 2.36. The lowest BCUT2D eigenvalue weighted by Crippen LogP contribution is -2.49. The first-order chi connectivity index (χ1) is 17.5. The number of carbonyl (C=O) groups is 1. The van der Waals surface area contributed by atoms with E-state index in [1.807, 2.05) is 0 Å². The van der Waals surface area contributed by atoms with Gasteiger partial charge in [0.05, 0.1) is 6.10 Å². The van der Waals surface area contributed by atoms with Gasteiger partial charge in [0.1, 0.15) is 0 Å². The summed E-state index contributed by atoms with van der Waals surface area (Å²) in [6, 6.07) is 0.451. The highest BCUT2D eigenvalue weighted by atomic mass is 35.5. The fourth-order valence-corrected chi connectivity index (χ4v) is 6.28. The molecular formula is C27H45ClN6O2. The van der Waals surface area contributed by atoms with Crippen molar-refractivity contribution in [3.05, 3.63) is 22.4 Å². The zero-order valence-electron chi connectivity index (χ0n) is 22.3. The summed E-state index contributed by atoms with van der Waals surface area (Å²) in [7, 11) is 3.36. The lowest BCUT2D eigenvalue weighted by Gasteiger charge is -2.39. The Labute approximate surface area is 221 Å². The van der Waals surface area contributed by atoms with Crippen molar-refractivity contribution in [2.75, 3.05) is 60.0 Å². The van der Waals surface area contributed by atoms with Crippen LogP contribution in [0.2, 0.25) is 0 Å². The molecular weight excluding hydrogens is 476 g/mol. The van der Waals surface area contributed by atoms with Crippen molar-refractivity contribution in [2.45, 2.75) is 64.0 Å². The van der Waals surface area contributed by atoms with Gasteiger partial charge in [0.15, 0.2) is 5.96 Å². The van der Waals surface area contributed by atoms with Crippen molar-refractivity contribution in [3.8, 4) is 0 Å². The number of methoxy groups -OCH3 is 1. The third-order valence-electron chi connectivity index (χ3n) is 8.39. The molecule has 1 fully saturated rings. The Balaban J connectivity index is 1.21. The van der Waals surface area contributed by atoms with Crippen LogP contribution in [0.25, 0.3) is 0 Å². The first-order valence-corrected chi connectivity index (χ1v) is 14.2. The third-order valence-corrected chi connectivity index (χ3v) is 8.90. The van der Waals surface area contributed by atoms with Gasteiger partial charge in [-0.05, 0) is 57.4 Å². The predicted molar refractivity (Wildman–Crippen MR) is 146 cm³/mol. The van der Waals surface area contributed by atoms with Crippen LogP contribution in [-0.4, -0.2) is 93.8 Å². The van der Waals surface area contributed by atoms with Gasteiger partial charge in [0.25, 0.3) is 0 Å². The summed E-state index contributed by atoms with van der Waals surface area (Å²) in [5.41, 5.74) is 2.70. The van der Waals surface area contributed by atoms with Gasteiger partial charge in [-0.3, -0.25) is 9.79 Å². The molecule has 9 heteroatoms. The largest absolute Gasteiger partial charge is 0.376 e. The van der Waals surface area contributed by atoms with Gasteiger partial charge in [-0.25, -0.2) is 0 Å². The number of ether oxygens (including phenoxy) is 1. The Morgan fingerprint density at radius 1 is 1.31 bits per heavy atom. The molecule has 3 N–H and O–H groups in total. The van der Waals surface area contributed by atoms with E-state index in [-0.39, 0.29) is 17.9 Å². The van der Waals surface area contributed by atoms with Gasteiger partial charge in [-0.15, -0.1) is 0 Å². The van der Waals surface area contributed by atoms with E-state index >= 15 is 0 Å². The topological polar surface area (TPSA) is 81.2 Å². The number of likely N-dealkylation sites (N-methyl/N-ethyl adjacent to an activating group) is 1. The summed E-state index contributed by atoms with van der Waals surface area (Å²) in [5.74, 6) is 1.41. The number of allylic oxidation sites excluding steroid dienone is 2. The number of hydrogen-bond acceptors (Lipinski definition) is 7. The Hall–Kier alpha value is -1.77. The summed E-state index contributed by atoms with van der Waals surface area (Å²) in [4.78, 5) is 22.2. The average molecular weight is 521 g/mol. The van der Waals surface area contributed by atoms with E-state index in [0.29, 0.717) is 18.4 Å². The smallest absolute Gasteiger partial charge is 0.223 e. The quantitative estimate of drug-likeness (QED) is 0.456. The predicted octanol–water partition coefficient (Wildman–Crippen LogP) is 2.67. The number of carbonyl (C=O) groups excluding carboxylic acids is 1. The molecule has 0 bridgehead atoms. The van der Waals surface area contributed by atoms with Gasteiger partial charge >= 0.3 is 0 Å². The molecule has 0 unspecified atom stereocenters. The van der Waals surface area contributed by atoms with Crippen LogP contribution in [0.3, 0.4) is 0 Å². The highest BCUT2D eigenvalue weighted by Gasteiger charge is 2.32. The Morgan fingerprint density at radius 3 is 2.72 bits per heavy atom. The zero-order valence-corrected chi connectivity index (χ0v) is 23.1. The summed E-state index contributed by atoms with van der Waals surface area (Å²) in [5, 5.41) is 10.7. The van der Waals surface area contributed by atoms with Crippen molar-refractivity contribution in [1.29, 1.82) is 0 Å².